The molecule has 0 spiro atoms. The van der Waals surface area contributed by atoms with E-state index in [0.717, 1.165) is 22.6 Å². The molecule has 0 unspecified atom stereocenters. The molecule has 6 nitrogen and oxygen atoms in total. The van der Waals surface area contributed by atoms with Crippen LogP contribution < -0.4 is 10.5 Å². The van der Waals surface area contributed by atoms with Gasteiger partial charge in [0, 0.05) is 5.56 Å². The van der Waals surface area contributed by atoms with Crippen molar-refractivity contribution in [1.82, 2.24) is 19.8 Å². The van der Waals surface area contributed by atoms with Gasteiger partial charge in [-0.2, -0.15) is 9.61 Å². The van der Waals surface area contributed by atoms with Crippen LogP contribution >= 0.6 is 0 Å². The Kier molecular flexibility index (Phi) is 3.08. The predicted octanol–water partition coefficient (Wildman–Crippen LogP) is 1.57. The van der Waals surface area contributed by atoms with Gasteiger partial charge in [-0.15, -0.1) is 10.2 Å². The molecule has 0 aliphatic rings. The fourth-order valence-electron chi connectivity index (χ4n) is 2.13. The van der Waals surface area contributed by atoms with E-state index in [9.17, 15) is 0 Å². The highest BCUT2D eigenvalue weighted by Gasteiger charge is 2.11. The number of aryl methyl sites for hydroxylation is 1. The third kappa shape index (κ3) is 2.00. The lowest BCUT2D eigenvalue weighted by Crippen LogP contribution is -2.05. The summed E-state index contributed by atoms with van der Waals surface area (Å²) < 4.78 is 7.06. The maximum Gasteiger partial charge on any atom is 0.177 e. The molecule has 0 bridgehead atoms. The first-order valence-corrected chi connectivity index (χ1v) is 6.29. The van der Waals surface area contributed by atoms with Gasteiger partial charge in [0.25, 0.3) is 0 Å². The predicted molar refractivity (Wildman–Crippen MR) is 75.4 cm³/mol. The summed E-state index contributed by atoms with van der Waals surface area (Å²) in [4.78, 5) is 0. The lowest BCUT2D eigenvalue weighted by molar-refractivity contribution is 0.416. The number of nitrogens with two attached hydrogens (primary N) is 1. The zero-order valence-corrected chi connectivity index (χ0v) is 11.4. The topological polar surface area (TPSA) is 78.3 Å². The van der Waals surface area contributed by atoms with Crippen LogP contribution in [0, 0.1) is 6.92 Å². The fourth-order valence-corrected chi connectivity index (χ4v) is 2.13. The Labute approximate surface area is 116 Å². The second-order valence-electron chi connectivity index (χ2n) is 4.51. The van der Waals surface area contributed by atoms with Crippen LogP contribution in [-0.4, -0.2) is 26.9 Å². The summed E-state index contributed by atoms with van der Waals surface area (Å²) in [6, 6.07) is 9.76. The van der Waals surface area contributed by atoms with Gasteiger partial charge in [0.05, 0.1) is 19.3 Å². The summed E-state index contributed by atoms with van der Waals surface area (Å²) >= 11 is 0. The second-order valence-corrected chi connectivity index (χ2v) is 4.51. The van der Waals surface area contributed by atoms with Crippen LogP contribution in [0.5, 0.6) is 5.75 Å². The molecule has 0 amide bonds. The molecule has 102 valence electrons. The third-order valence-electron chi connectivity index (χ3n) is 3.14. The van der Waals surface area contributed by atoms with Gasteiger partial charge >= 0.3 is 0 Å². The molecule has 0 radical (unpaired) electrons. The van der Waals surface area contributed by atoms with Gasteiger partial charge in [-0.25, -0.2) is 0 Å². The lowest BCUT2D eigenvalue weighted by atomic mass is 10.1. The minimum atomic E-state index is 0.294. The quantitative estimate of drug-likeness (QED) is 0.780. The van der Waals surface area contributed by atoms with Gasteiger partial charge in [0.15, 0.2) is 11.5 Å². The Hall–Kier alpha value is -2.47. The number of fused-ring (bicyclic) bond motifs is 1. The Balaban J connectivity index is 2.21. The molecule has 3 rings (SSSR count). The second kappa shape index (κ2) is 4.90. The first-order chi connectivity index (χ1) is 9.72. The molecule has 0 aliphatic carbocycles. The molecule has 6 heteroatoms. The molecular weight excluding hydrogens is 254 g/mol. The maximum atomic E-state index is 5.64. The van der Waals surface area contributed by atoms with E-state index in [1.165, 1.54) is 0 Å². The van der Waals surface area contributed by atoms with Crippen molar-refractivity contribution in [3.8, 4) is 17.0 Å². The number of aromatic nitrogens is 4. The zero-order valence-electron chi connectivity index (χ0n) is 11.4. The third-order valence-corrected chi connectivity index (χ3v) is 3.14. The molecule has 0 atom stereocenters. The Morgan fingerprint density at radius 3 is 2.80 bits per heavy atom. The lowest BCUT2D eigenvalue weighted by Gasteiger charge is -2.09. The van der Waals surface area contributed by atoms with Crippen molar-refractivity contribution in [3.63, 3.8) is 0 Å². The molecule has 0 saturated heterocycles. The van der Waals surface area contributed by atoms with Crippen molar-refractivity contribution in [2.24, 2.45) is 5.73 Å². The molecular formula is C14H15N5O. The number of benzene rings is 1. The number of hydrogen-bond acceptors (Lipinski definition) is 5. The van der Waals surface area contributed by atoms with Crippen molar-refractivity contribution in [2.45, 2.75) is 13.5 Å². The summed E-state index contributed by atoms with van der Waals surface area (Å²) in [7, 11) is 1.65. The van der Waals surface area contributed by atoms with Crippen LogP contribution in [0.15, 0.2) is 30.3 Å². The minimum Gasteiger partial charge on any atom is -0.496 e. The van der Waals surface area contributed by atoms with Crippen LogP contribution in [-0.2, 0) is 6.54 Å². The molecule has 20 heavy (non-hydrogen) atoms. The van der Waals surface area contributed by atoms with Gasteiger partial charge in [-0.05, 0) is 31.2 Å². The molecule has 3 aromatic rings. The molecule has 2 heterocycles. The van der Waals surface area contributed by atoms with Gasteiger partial charge in [0.1, 0.15) is 5.75 Å². The van der Waals surface area contributed by atoms with Gasteiger partial charge in [-0.3, -0.25) is 0 Å². The van der Waals surface area contributed by atoms with E-state index in [-0.39, 0.29) is 0 Å². The molecule has 0 aliphatic heterocycles. The smallest absolute Gasteiger partial charge is 0.177 e. The largest absolute Gasteiger partial charge is 0.496 e. The van der Waals surface area contributed by atoms with Crippen molar-refractivity contribution < 1.29 is 4.74 Å². The van der Waals surface area contributed by atoms with Crippen LogP contribution in [0.3, 0.4) is 0 Å². The summed E-state index contributed by atoms with van der Waals surface area (Å²) in [6.45, 7) is 2.33. The van der Waals surface area contributed by atoms with Crippen molar-refractivity contribution in [3.05, 3.63) is 41.7 Å². The van der Waals surface area contributed by atoms with Crippen LogP contribution in [0.25, 0.3) is 16.9 Å². The molecule has 2 N–H and O–H groups in total. The number of methoxy groups -OCH3 is 1. The molecule has 2 aromatic heterocycles. The normalized spacial score (nSPS) is 10.9. The number of ether oxygens (including phenoxy) is 1. The average molecular weight is 269 g/mol. The van der Waals surface area contributed by atoms with E-state index >= 15 is 0 Å². The Morgan fingerprint density at radius 1 is 1.20 bits per heavy atom. The van der Waals surface area contributed by atoms with Gasteiger partial charge < -0.3 is 10.5 Å². The highest BCUT2D eigenvalue weighted by Crippen LogP contribution is 2.29. The van der Waals surface area contributed by atoms with Gasteiger partial charge in [0.2, 0.25) is 0 Å². The Bertz CT molecular complexity index is 765. The fraction of sp³-hybridized carbons (Fsp3) is 0.214. The summed E-state index contributed by atoms with van der Waals surface area (Å²) in [5.74, 6) is 1.42. The van der Waals surface area contributed by atoms with Crippen molar-refractivity contribution in [2.75, 3.05) is 7.11 Å². The average Bonchev–Trinajstić information content (AvgIpc) is 2.89. The van der Waals surface area contributed by atoms with Crippen molar-refractivity contribution in [1.29, 1.82) is 0 Å². The van der Waals surface area contributed by atoms with E-state index in [1.54, 1.807) is 11.6 Å². The zero-order chi connectivity index (χ0) is 14.1. The summed E-state index contributed by atoms with van der Waals surface area (Å²) in [6.07, 6.45) is 0. The van der Waals surface area contributed by atoms with Gasteiger partial charge in [-0.1, -0.05) is 11.6 Å². The number of hydrogen-bond donors (Lipinski definition) is 1. The van der Waals surface area contributed by atoms with Crippen molar-refractivity contribution >= 4 is 5.65 Å². The molecule has 0 fully saturated rings. The highest BCUT2D eigenvalue weighted by atomic mass is 16.5. The monoisotopic (exact) mass is 269 g/mol. The first kappa shape index (κ1) is 12.6. The summed E-state index contributed by atoms with van der Waals surface area (Å²) in [5, 5.41) is 12.6. The van der Waals surface area contributed by atoms with E-state index in [4.69, 9.17) is 10.5 Å². The van der Waals surface area contributed by atoms with Crippen LogP contribution in [0.1, 0.15) is 11.4 Å². The number of rotatable bonds is 3. The minimum absolute atomic E-state index is 0.294. The van der Waals surface area contributed by atoms with E-state index in [1.807, 2.05) is 37.3 Å². The standard InChI is InChI=1S/C14H15N5O/c1-9-3-5-12(20-2)10(7-9)11-4-6-13-16-17-14(8-15)19(13)18-11/h3-7H,8,15H2,1-2H3. The van der Waals surface area contributed by atoms with Crippen LogP contribution in [0.2, 0.25) is 0 Å². The number of nitrogens with zero attached hydrogens (tertiary/aromatic N) is 4. The van der Waals surface area contributed by atoms with E-state index in [0.29, 0.717) is 18.0 Å². The van der Waals surface area contributed by atoms with Crippen LogP contribution in [0.4, 0.5) is 0 Å². The first-order valence-electron chi connectivity index (χ1n) is 6.29. The molecule has 0 saturated carbocycles. The van der Waals surface area contributed by atoms with E-state index in [2.05, 4.69) is 15.3 Å². The summed E-state index contributed by atoms with van der Waals surface area (Å²) in [5.41, 5.74) is 9.20. The molecule has 1 aromatic carbocycles. The SMILES string of the molecule is COc1ccc(C)cc1-c1ccc2nnc(CN)n2n1. The highest BCUT2D eigenvalue weighted by molar-refractivity contribution is 5.68. The van der Waals surface area contributed by atoms with E-state index < -0.39 is 0 Å². The Morgan fingerprint density at radius 2 is 2.05 bits per heavy atom. The maximum absolute atomic E-state index is 5.64.